The summed E-state index contributed by atoms with van der Waals surface area (Å²) in [5.41, 5.74) is 26.4. The first kappa shape index (κ1) is 82.5. The average molecular weight is 1730 g/mol. The van der Waals surface area contributed by atoms with Gasteiger partial charge >= 0.3 is 0 Å². The van der Waals surface area contributed by atoms with E-state index in [0.717, 1.165) is 128 Å². The Labute approximate surface area is 684 Å². The van der Waals surface area contributed by atoms with Crippen molar-refractivity contribution in [2.45, 2.75) is 53.4 Å². The molecular weight excluding hydrogens is 1640 g/mol. The van der Waals surface area contributed by atoms with Gasteiger partial charge < -0.3 is 19.9 Å². The number of fused-ring (bicyclic) bond motifs is 12. The topological polar surface area (TPSA) is 118 Å². The van der Waals surface area contributed by atoms with E-state index in [9.17, 15) is 5.26 Å². The smallest absolute Gasteiger partial charge is 0.227 e. The van der Waals surface area contributed by atoms with Gasteiger partial charge in [-0.1, -0.05) is 190 Å². The summed E-state index contributed by atoms with van der Waals surface area (Å²) in [6, 6.07) is 94.9. The minimum atomic E-state index is 0. The molecule has 19 rings (SSSR count). The summed E-state index contributed by atoms with van der Waals surface area (Å²) in [7, 11) is 18.9. The Morgan fingerprint density at radius 2 is 0.911 bits per heavy atom. The first-order valence-corrected chi connectivity index (χ1v) is 55.7. The van der Waals surface area contributed by atoms with Gasteiger partial charge in [0.1, 0.15) is 11.0 Å². The molecule has 0 amide bonds. The van der Waals surface area contributed by atoms with Crippen molar-refractivity contribution in [2.75, 3.05) is 4.90 Å². The van der Waals surface area contributed by atoms with Crippen molar-refractivity contribution in [3.8, 4) is 62.4 Å². The van der Waals surface area contributed by atoms with Crippen LogP contribution in [0.1, 0.15) is 66.6 Å². The van der Waals surface area contributed by atoms with E-state index < -0.39 is 0 Å². The molecule has 3 aliphatic rings. The molecule has 0 saturated carbocycles. The largest absolute Gasteiger partial charge is 0.436 e. The van der Waals surface area contributed by atoms with Gasteiger partial charge in [0.25, 0.3) is 0 Å². The SMILES string of the molecule is Brc1ccc(-c2nc3ccccc3o2)cc1.C.C.C1=Cc2cc3c(cc2CC1)-c1ccc2c(c1CC3)CCC=C2.N.PPP(P)P(P(P)P)P(P)P.[C-]#[N+]c1ccc2cc(-c3ccc4cc(N(c5ccc(-c6nc7ccccc7o6)cc5)c5ccc6cc(-c7ccc8cc(C#N)ccc8c7)ccc6c5)ccc4c3)ccc2c1. The summed E-state index contributed by atoms with van der Waals surface area (Å²) in [5, 5.41) is 18.3. The van der Waals surface area contributed by atoms with Gasteiger partial charge in [0, 0.05) is 32.7 Å². The van der Waals surface area contributed by atoms with Crippen LogP contribution in [0.25, 0.3) is 139 Å². The lowest BCUT2D eigenvalue weighted by Crippen LogP contribution is -2.11. The molecule has 0 spiro atoms. The molecule has 0 fully saturated rings. The summed E-state index contributed by atoms with van der Waals surface area (Å²) in [6.45, 7) is 8.14. The van der Waals surface area contributed by atoms with Crippen LogP contribution in [0.4, 0.5) is 22.7 Å². The van der Waals surface area contributed by atoms with Crippen LogP contribution >= 0.6 is 105 Å². The second-order valence-corrected chi connectivity index (χ2v) is 66.8. The van der Waals surface area contributed by atoms with Gasteiger partial charge in [-0.05, 0) is 316 Å². The molecule has 8 unspecified atom stereocenters. The van der Waals surface area contributed by atoms with E-state index in [0.29, 0.717) is 23.0 Å². The van der Waals surface area contributed by atoms with Crippen LogP contribution in [0.5, 0.6) is 0 Å². The molecule has 3 N–H and O–H groups in total. The molecule has 0 radical (unpaired) electrons. The molecule has 0 aliphatic heterocycles. The predicted octanol–water partition coefficient (Wildman–Crippen LogP) is 32.4. The van der Waals surface area contributed by atoms with Crippen molar-refractivity contribution in [2.24, 2.45) is 0 Å². The summed E-state index contributed by atoms with van der Waals surface area (Å²) in [5.74, 6) is 1.25. The maximum Gasteiger partial charge on any atom is 0.227 e. The maximum absolute atomic E-state index is 9.35. The number of hydrogen-bond acceptors (Lipinski definition) is 7. The van der Waals surface area contributed by atoms with E-state index >= 15 is 0 Å². The Bertz CT molecular complexity index is 6050. The lowest BCUT2D eigenvalue weighted by Gasteiger charge is -2.29. The summed E-state index contributed by atoms with van der Waals surface area (Å²) in [4.78, 5) is 15.1. The van der Waals surface area contributed by atoms with E-state index in [-0.39, 0.29) is 49.0 Å². The molecule has 2 heterocycles. The third-order valence-electron chi connectivity index (χ3n) is 20.0. The van der Waals surface area contributed by atoms with E-state index in [1.807, 2.05) is 109 Å². The monoisotopic (exact) mass is 1720 g/mol. The Morgan fingerprint density at radius 3 is 1.43 bits per heavy atom. The van der Waals surface area contributed by atoms with Crippen LogP contribution in [0, 0.1) is 17.9 Å². The lowest BCUT2D eigenvalue weighted by atomic mass is 9.78. The molecular formula is C92H84BrN6O2P11. The van der Waals surface area contributed by atoms with Crippen molar-refractivity contribution in [1.82, 2.24) is 16.1 Å². The quantitative estimate of drug-likeness (QED) is 0.101. The predicted molar refractivity (Wildman–Crippen MR) is 520 cm³/mol. The number of nitriles is 1. The van der Waals surface area contributed by atoms with E-state index in [4.69, 9.17) is 20.4 Å². The van der Waals surface area contributed by atoms with Gasteiger partial charge in [-0.2, -0.15) is 5.26 Å². The van der Waals surface area contributed by atoms with Crippen molar-refractivity contribution in [3.05, 3.63) is 334 Å². The Morgan fingerprint density at radius 1 is 0.446 bits per heavy atom. The number of rotatable bonds is 11. The summed E-state index contributed by atoms with van der Waals surface area (Å²) < 4.78 is 12.8. The van der Waals surface area contributed by atoms with Gasteiger partial charge in [-0.3, -0.25) is 0 Å². The van der Waals surface area contributed by atoms with Gasteiger partial charge in [0.15, 0.2) is 16.9 Å². The second kappa shape index (κ2) is 37.4. The zero-order chi connectivity index (χ0) is 74.7. The number of hydrogen-bond donors (Lipinski definition) is 1. The molecule has 14 aromatic carbocycles. The van der Waals surface area contributed by atoms with Crippen LogP contribution < -0.4 is 11.1 Å². The van der Waals surface area contributed by atoms with Crippen molar-refractivity contribution < 1.29 is 8.83 Å². The maximum atomic E-state index is 9.35. The highest BCUT2D eigenvalue weighted by molar-refractivity contribution is 9.18. The number of halogens is 1. The molecule has 8 atom stereocenters. The van der Waals surface area contributed by atoms with Crippen molar-refractivity contribution >= 4 is 206 Å². The first-order chi connectivity index (χ1) is 53.3. The van der Waals surface area contributed by atoms with Crippen LogP contribution in [0.15, 0.2) is 292 Å². The van der Waals surface area contributed by atoms with Gasteiger partial charge in [-0.15, -0.1) is 53.6 Å². The molecule has 0 saturated heterocycles. The van der Waals surface area contributed by atoms with Crippen LogP contribution in [-0.4, -0.2) is 9.97 Å². The van der Waals surface area contributed by atoms with Gasteiger partial charge in [0.05, 0.1) is 18.2 Å². The molecule has 2 aromatic heterocycles. The number of anilines is 3. The lowest BCUT2D eigenvalue weighted by molar-refractivity contribution is 0.619. The van der Waals surface area contributed by atoms with Crippen molar-refractivity contribution in [3.63, 3.8) is 0 Å². The number of allylic oxidation sites excluding steroid dienone is 2. The zero-order valence-corrected chi connectivity index (χ0v) is 72.9. The summed E-state index contributed by atoms with van der Waals surface area (Å²) >= 11 is 3.40. The molecule has 556 valence electrons. The minimum Gasteiger partial charge on any atom is -0.436 e. The average Bonchev–Trinajstić information content (AvgIpc) is 1.04. The van der Waals surface area contributed by atoms with Gasteiger partial charge in [0.2, 0.25) is 11.8 Å². The number of oxazole rings is 2. The molecule has 20 heteroatoms. The second-order valence-electron chi connectivity index (χ2n) is 26.9. The molecule has 0 bridgehead atoms. The summed E-state index contributed by atoms with van der Waals surface area (Å²) in [6.07, 6.45) is 16.5. The normalized spacial score (nSPS) is 12.6. The third kappa shape index (κ3) is 18.3. The highest BCUT2D eigenvalue weighted by Gasteiger charge is 2.25. The first-order valence-electron chi connectivity index (χ1n) is 35.6. The highest BCUT2D eigenvalue weighted by atomic mass is 79.9. The van der Waals surface area contributed by atoms with Crippen LogP contribution in [-0.2, 0) is 25.7 Å². The fourth-order valence-electron chi connectivity index (χ4n) is 14.6. The van der Waals surface area contributed by atoms with E-state index in [1.54, 1.807) is 16.7 Å². The molecule has 8 nitrogen and oxygen atoms in total. The fraction of sp³-hybridized carbons (Fsp3) is 0.0870. The highest BCUT2D eigenvalue weighted by Crippen LogP contribution is 3.12. The molecule has 16 aromatic rings. The number of aryl methyl sites for hydroxylation is 2. The number of aromatic nitrogens is 2. The van der Waals surface area contributed by atoms with Crippen LogP contribution in [0.3, 0.4) is 0 Å². The fourth-order valence-corrected chi connectivity index (χ4v) is 110. The zero-order valence-electron chi connectivity index (χ0n) is 59.8. The minimum absolute atomic E-state index is 0. The van der Waals surface area contributed by atoms with Crippen molar-refractivity contribution in [1.29, 1.82) is 5.26 Å². The van der Waals surface area contributed by atoms with Crippen LogP contribution in [0.2, 0.25) is 0 Å². The number of nitrogens with zero attached hydrogens (tertiary/aromatic N) is 5. The molecule has 112 heavy (non-hydrogen) atoms. The number of para-hydroxylation sites is 4. The van der Waals surface area contributed by atoms with E-state index in [2.05, 4.69) is 272 Å². The Hall–Kier alpha value is -7.51. The third-order valence-corrected chi connectivity index (χ3v) is 79.6. The number of benzene rings is 14. The molecule has 3 aliphatic carbocycles. The van der Waals surface area contributed by atoms with E-state index in [1.165, 1.54) is 66.3 Å². The Kier molecular flexibility index (Phi) is 27.5. The standard InChI is InChI=1S/C55H32N4O.C22H20.C13H8BrNO.2CH4.H3N.H13P11/c1-57-49-21-16-43-28-40(10-13-46(43)31-49)42-12-15-48-33-52(25-20-45(48)30-42)59(50-22-17-36(18-23-50)55-58-53-4-2-3-5-54(53)60-55)51-24-19-44-29-41(11-14-47(44)32-51)39-9-8-37-26-35(34-56)6-7-38(37)27-39;1-2-7-17-14-22-18(13-16(17)6-1)10-12-20-19-8-4-3-5-15(19)9-11-21(20)22;14-10-7-5-9(6-8-10)13-15-11-3-1-2-4-12(11)16-13;;;;1-7-10(6)11(8(2)3)9(4)5/h2-33H;1,3,5-6,9,11,13-14H,2,4,7-8,10,12H2;1-8H;2*1H4;1H3;7H,1-6H2. The Balaban J connectivity index is 0.000000170. The van der Waals surface area contributed by atoms with Gasteiger partial charge in [-0.25, -0.2) is 14.8 Å².